The zero-order valence-corrected chi connectivity index (χ0v) is 16.6. The normalized spacial score (nSPS) is 11.4. The van der Waals surface area contributed by atoms with E-state index in [0.29, 0.717) is 22.5 Å². The fraction of sp³-hybridized carbons (Fsp3) is 0.0500. The molecule has 3 aromatic heterocycles. The second kappa shape index (κ2) is 7.57. The molecule has 0 atom stereocenters. The molecule has 0 aliphatic carbocycles. The summed E-state index contributed by atoms with van der Waals surface area (Å²) in [7, 11) is 0. The van der Waals surface area contributed by atoms with Gasteiger partial charge in [-0.1, -0.05) is 17.7 Å². The summed E-state index contributed by atoms with van der Waals surface area (Å²) in [5, 5.41) is 11.3. The summed E-state index contributed by atoms with van der Waals surface area (Å²) in [6, 6.07) is 7.82. The molecule has 0 radical (unpaired) electrons. The maximum atomic E-state index is 12.5. The Morgan fingerprint density at radius 2 is 2.03 bits per heavy atom. The van der Waals surface area contributed by atoms with Crippen LogP contribution in [0.25, 0.3) is 22.3 Å². The van der Waals surface area contributed by atoms with Crippen molar-refractivity contribution in [3.63, 3.8) is 0 Å². The maximum absolute atomic E-state index is 12.5. The molecule has 0 bridgehead atoms. The van der Waals surface area contributed by atoms with E-state index in [1.165, 1.54) is 29.5 Å². The van der Waals surface area contributed by atoms with Crippen LogP contribution in [0.15, 0.2) is 55.0 Å². The number of thiazole rings is 1. The van der Waals surface area contributed by atoms with Gasteiger partial charge in [0.15, 0.2) is 10.7 Å². The number of nitro groups is 1. The van der Waals surface area contributed by atoms with Gasteiger partial charge in [-0.05, 0) is 37.3 Å². The van der Waals surface area contributed by atoms with Gasteiger partial charge >= 0.3 is 0 Å². The van der Waals surface area contributed by atoms with Gasteiger partial charge in [-0.15, -0.1) is 11.3 Å². The number of aromatic nitrogens is 3. The van der Waals surface area contributed by atoms with Gasteiger partial charge in [0.05, 0.1) is 16.3 Å². The van der Waals surface area contributed by atoms with Crippen LogP contribution >= 0.6 is 22.9 Å². The van der Waals surface area contributed by atoms with Crippen LogP contribution in [-0.4, -0.2) is 25.1 Å². The number of fused-ring (bicyclic) bond motifs is 1. The molecule has 0 saturated carbocycles. The molecule has 0 aliphatic rings. The van der Waals surface area contributed by atoms with Gasteiger partial charge in [0.25, 0.3) is 5.69 Å². The van der Waals surface area contributed by atoms with Crippen LogP contribution in [-0.2, 0) is 0 Å². The predicted molar refractivity (Wildman–Crippen MR) is 113 cm³/mol. The van der Waals surface area contributed by atoms with Crippen molar-refractivity contribution in [2.24, 2.45) is 0 Å². The molecule has 7 nitrogen and oxygen atoms in total. The lowest BCUT2D eigenvalue weighted by Gasteiger charge is -2.02. The molecule has 0 spiro atoms. The zero-order valence-electron chi connectivity index (χ0n) is 15.1. The highest BCUT2D eigenvalue weighted by Crippen LogP contribution is 2.34. The van der Waals surface area contributed by atoms with Crippen LogP contribution in [0, 0.1) is 17.0 Å². The molecule has 4 aromatic rings. The number of hydrogen-bond donors (Lipinski definition) is 0. The first-order chi connectivity index (χ1) is 13.9. The Bertz CT molecular complexity index is 1280. The van der Waals surface area contributed by atoms with Gasteiger partial charge in [0.1, 0.15) is 5.02 Å². The van der Waals surface area contributed by atoms with Crippen molar-refractivity contribution in [1.29, 1.82) is 0 Å². The quantitative estimate of drug-likeness (QED) is 0.189. The number of allylic oxidation sites excluding steroid dienone is 1. The number of pyridine rings is 1. The number of nitrogens with zero attached hydrogens (tertiary/aromatic N) is 4. The number of ketones is 1. The molecule has 9 heteroatoms. The van der Waals surface area contributed by atoms with Crippen molar-refractivity contribution in [1.82, 2.24) is 14.4 Å². The highest BCUT2D eigenvalue weighted by atomic mass is 35.5. The molecule has 29 heavy (non-hydrogen) atoms. The van der Waals surface area contributed by atoms with Gasteiger partial charge in [-0.2, -0.15) is 0 Å². The van der Waals surface area contributed by atoms with Gasteiger partial charge in [0.2, 0.25) is 0 Å². The van der Waals surface area contributed by atoms with Crippen molar-refractivity contribution in [2.45, 2.75) is 6.92 Å². The second-order valence-corrected chi connectivity index (χ2v) is 7.82. The third-order valence-corrected chi connectivity index (χ3v) is 5.47. The third-order valence-electron chi connectivity index (χ3n) is 4.25. The van der Waals surface area contributed by atoms with Crippen LogP contribution in [0.2, 0.25) is 5.02 Å². The minimum absolute atomic E-state index is 0.0561. The smallest absolute Gasteiger partial charge is 0.288 e. The number of imidazole rings is 1. The topological polar surface area (TPSA) is 90.4 Å². The molecule has 0 amide bonds. The zero-order chi connectivity index (χ0) is 20.5. The number of hydrogen-bond acceptors (Lipinski definition) is 6. The molecule has 4 rings (SSSR count). The van der Waals surface area contributed by atoms with Crippen molar-refractivity contribution >= 4 is 45.4 Å². The summed E-state index contributed by atoms with van der Waals surface area (Å²) in [5.41, 5.74) is 2.06. The van der Waals surface area contributed by atoms with E-state index in [0.717, 1.165) is 9.84 Å². The molecule has 0 N–H and O–H groups in total. The van der Waals surface area contributed by atoms with E-state index in [1.807, 2.05) is 17.5 Å². The molecule has 3 heterocycles. The SMILES string of the molecule is Cc1cn2c(C=CC(=O)c3ccncc3)c(-c3ccc(Cl)c([N+](=O)[O-])c3)nc2s1. The molecule has 0 fully saturated rings. The highest BCUT2D eigenvalue weighted by Gasteiger charge is 2.19. The summed E-state index contributed by atoms with van der Waals surface area (Å²) >= 11 is 7.43. The molecule has 0 saturated heterocycles. The molecule has 144 valence electrons. The van der Waals surface area contributed by atoms with E-state index in [9.17, 15) is 14.9 Å². The number of rotatable bonds is 5. The van der Waals surface area contributed by atoms with E-state index in [4.69, 9.17) is 11.6 Å². The monoisotopic (exact) mass is 424 g/mol. The maximum Gasteiger partial charge on any atom is 0.288 e. The molecule has 0 aliphatic heterocycles. The van der Waals surface area contributed by atoms with Crippen molar-refractivity contribution in [3.8, 4) is 11.3 Å². The fourth-order valence-electron chi connectivity index (χ4n) is 2.91. The lowest BCUT2D eigenvalue weighted by Crippen LogP contribution is -1.95. The standard InChI is InChI=1S/C20H13ClN4O3S/c1-12-11-24-16(4-5-18(26)13-6-8-22-9-7-13)19(23-20(24)29-12)14-2-3-15(21)17(10-14)25(27)28/h2-11H,1H3. The minimum Gasteiger partial charge on any atom is -0.290 e. The Morgan fingerprint density at radius 3 is 2.76 bits per heavy atom. The first kappa shape index (κ1) is 19.0. The highest BCUT2D eigenvalue weighted by molar-refractivity contribution is 7.17. The number of halogens is 1. The second-order valence-electron chi connectivity index (χ2n) is 6.20. The number of nitro benzene ring substituents is 1. The van der Waals surface area contributed by atoms with Gasteiger partial charge < -0.3 is 0 Å². The van der Waals surface area contributed by atoms with E-state index < -0.39 is 4.92 Å². The lowest BCUT2D eigenvalue weighted by atomic mass is 10.1. The first-order valence-electron chi connectivity index (χ1n) is 8.49. The Balaban J connectivity index is 1.83. The molecular weight excluding hydrogens is 412 g/mol. The van der Waals surface area contributed by atoms with E-state index >= 15 is 0 Å². The molecule has 0 unspecified atom stereocenters. The van der Waals surface area contributed by atoms with Crippen molar-refractivity contribution < 1.29 is 9.72 Å². The Kier molecular flexibility index (Phi) is 4.96. The van der Waals surface area contributed by atoms with Crippen LogP contribution in [0.4, 0.5) is 5.69 Å². The Hall–Kier alpha value is -3.36. The fourth-order valence-corrected chi connectivity index (χ4v) is 3.93. The minimum atomic E-state index is -0.531. The van der Waals surface area contributed by atoms with E-state index in [1.54, 1.807) is 36.7 Å². The van der Waals surface area contributed by atoms with Crippen LogP contribution < -0.4 is 0 Å². The summed E-state index contributed by atoms with van der Waals surface area (Å²) in [5.74, 6) is -0.178. The van der Waals surface area contributed by atoms with E-state index in [2.05, 4.69) is 9.97 Å². The third kappa shape index (κ3) is 3.67. The molecule has 1 aromatic carbocycles. The number of benzene rings is 1. The summed E-state index contributed by atoms with van der Waals surface area (Å²) in [4.78, 5) is 33.5. The largest absolute Gasteiger partial charge is 0.290 e. The number of carbonyl (C=O) groups excluding carboxylic acids is 1. The van der Waals surface area contributed by atoms with E-state index in [-0.39, 0.29) is 16.5 Å². The van der Waals surface area contributed by atoms with Crippen LogP contribution in [0.3, 0.4) is 0 Å². The Labute approximate surface area is 174 Å². The predicted octanol–water partition coefficient (Wildman–Crippen LogP) is 5.22. The van der Waals surface area contributed by atoms with Crippen molar-refractivity contribution in [3.05, 3.63) is 86.3 Å². The Morgan fingerprint density at radius 1 is 1.28 bits per heavy atom. The van der Waals surface area contributed by atoms with Gasteiger partial charge in [-0.25, -0.2) is 4.98 Å². The number of carbonyl (C=O) groups is 1. The van der Waals surface area contributed by atoms with Crippen molar-refractivity contribution in [2.75, 3.05) is 0 Å². The van der Waals surface area contributed by atoms with Gasteiger partial charge in [0, 0.05) is 40.7 Å². The van der Waals surface area contributed by atoms with Crippen LogP contribution in [0.5, 0.6) is 0 Å². The van der Waals surface area contributed by atoms with Gasteiger partial charge in [-0.3, -0.25) is 24.3 Å². The number of aryl methyl sites for hydroxylation is 1. The lowest BCUT2D eigenvalue weighted by molar-refractivity contribution is -0.384. The average molecular weight is 425 g/mol. The summed E-state index contributed by atoms with van der Waals surface area (Å²) in [6.07, 6.45) is 8.15. The summed E-state index contributed by atoms with van der Waals surface area (Å²) < 4.78 is 1.87. The molecular formula is C20H13ClN4O3S. The van der Waals surface area contributed by atoms with Crippen LogP contribution in [0.1, 0.15) is 20.9 Å². The first-order valence-corrected chi connectivity index (χ1v) is 9.69. The average Bonchev–Trinajstić information content (AvgIpc) is 3.23. The summed E-state index contributed by atoms with van der Waals surface area (Å²) in [6.45, 7) is 1.96.